The highest BCUT2D eigenvalue weighted by atomic mass is 19.1. The van der Waals surface area contributed by atoms with Crippen LogP contribution < -0.4 is 5.32 Å². The zero-order valence-electron chi connectivity index (χ0n) is 94.0. The number of benzene rings is 2. The Kier molecular flexibility index (Phi) is 41.9. The lowest BCUT2D eigenvalue weighted by Crippen LogP contribution is -2.59. The predicted octanol–water partition coefficient (Wildman–Crippen LogP) is 18.1. The molecule has 0 aliphatic carbocycles. The number of hydrogen-bond acceptors (Lipinski definition) is 27. The number of ketones is 2. The van der Waals surface area contributed by atoms with Gasteiger partial charge in [-0.1, -0.05) is 199 Å². The summed E-state index contributed by atoms with van der Waals surface area (Å²) in [4.78, 5) is 98.8. The van der Waals surface area contributed by atoms with E-state index in [9.17, 15) is 54.3 Å². The third kappa shape index (κ3) is 28.6. The van der Waals surface area contributed by atoms with E-state index in [1.165, 1.54) is 13.8 Å². The molecule has 7 aliphatic heterocycles. The number of amides is 1. The average Bonchev–Trinajstić information content (AvgIpc) is 1.38. The number of methoxy groups -OCH3 is 2. The van der Waals surface area contributed by atoms with Crippen molar-refractivity contribution < 1.29 is 116 Å². The molecule has 33 atom stereocenters. The van der Waals surface area contributed by atoms with Crippen LogP contribution in [0.4, 0.5) is 4.39 Å². The maximum absolute atomic E-state index is 16.5. The van der Waals surface area contributed by atoms with Gasteiger partial charge in [0.2, 0.25) is 5.91 Å². The van der Waals surface area contributed by atoms with Crippen LogP contribution in [0.5, 0.6) is 0 Å². The van der Waals surface area contributed by atoms with E-state index in [0.29, 0.717) is 37.1 Å². The Morgan fingerprint density at radius 1 is 0.618 bits per heavy atom. The number of esters is 3. The zero-order chi connectivity index (χ0) is 108. The molecule has 28 nitrogen and oxygen atoms in total. The second-order valence-corrected chi connectivity index (χ2v) is 48.4. The van der Waals surface area contributed by atoms with Crippen molar-refractivity contribution in [3.63, 3.8) is 0 Å². The number of rotatable bonds is 13. The number of likely N-dealkylation sites (N-methyl/N-ethyl adjacent to an activating group) is 1. The number of piperidine rings is 1. The minimum atomic E-state index is -3.00. The summed E-state index contributed by atoms with van der Waals surface area (Å²) in [5, 5.41) is 62.9. The highest BCUT2D eigenvalue weighted by molar-refractivity contribution is 6.08. The van der Waals surface area contributed by atoms with Crippen LogP contribution in [0.2, 0.25) is 0 Å². The fraction of sp³-hybridized carbons (Fsp3) is 0.765. The number of nitrogens with one attached hydrogen (secondary N) is 1. The molecule has 7 saturated heterocycles. The molecular formula is C115H184FN5O23. The van der Waals surface area contributed by atoms with Gasteiger partial charge in [-0.2, -0.15) is 0 Å². The Morgan fingerprint density at radius 3 is 1.75 bits per heavy atom. The summed E-state index contributed by atoms with van der Waals surface area (Å²) in [6.07, 6.45) is 3.05. The maximum atomic E-state index is 16.5. The third-order valence-electron chi connectivity index (χ3n) is 33.0. The van der Waals surface area contributed by atoms with Crippen LogP contribution in [0.15, 0.2) is 89.1 Å². The molecule has 10 rings (SSSR count). The van der Waals surface area contributed by atoms with Gasteiger partial charge in [0.05, 0.1) is 95.8 Å². The predicted molar refractivity (Wildman–Crippen MR) is 560 cm³/mol. The van der Waals surface area contributed by atoms with Gasteiger partial charge in [0, 0.05) is 119 Å². The molecule has 0 saturated carbocycles. The number of aliphatic hydroxyl groups is 5. The average molecular weight is 2020 g/mol. The molecule has 7 fully saturated rings. The number of aromatic nitrogens is 1. The van der Waals surface area contributed by atoms with Gasteiger partial charge in [0.1, 0.15) is 53.1 Å². The van der Waals surface area contributed by atoms with Crippen molar-refractivity contribution in [2.24, 2.45) is 103 Å². The molecule has 0 unspecified atom stereocenters. The van der Waals surface area contributed by atoms with Gasteiger partial charge < -0.3 is 92.6 Å². The SMILES string of the molecule is CC[C@H]1OC(=O)[C@@](C)(F)C(=O)[C@H](C)[C@@H](C(C)(C)C)[C@@]2(C)C[C@@H](C)C(=NC(C)=O)[C@H](C)[C@@H](OCC(=N/C=C/c3ccccc3)CO2)[C@]1(C)O.CC[C@H]1OC(=O)[C@H](C)[C@@H](O[C@H]2C[C@@](C)(OC)[C@@H](O)[C@H](C)O2)[C@H](C)[C@@H](C(C)(C)C)[C@](C)(OC)C[C@@H](C)C(=O)[C@H](C)[C@@H](OC/C=C/c2cnc3ccccc3c2)[C@]1(C)O.CC[C@H]1OC(=O)[C@H](C)[C@H]2OC3(CCNCC3)O[C@](C)(C[C@@H](C)CN(C)[C@H](C)[C@@H](O)[C@]1(C)O)[C@H](C(C)(C)C)[C@H]2C. The van der Waals surface area contributed by atoms with Gasteiger partial charge in [-0.25, -0.2) is 14.2 Å². The van der Waals surface area contributed by atoms with E-state index in [4.69, 9.17) is 61.8 Å². The van der Waals surface area contributed by atoms with Crippen LogP contribution in [0, 0.1) is 93.2 Å². The molecule has 7 aliphatic rings. The Morgan fingerprint density at radius 2 is 1.18 bits per heavy atom. The number of cyclic esters (lactones) is 3. The second kappa shape index (κ2) is 49.2. The fourth-order valence-electron chi connectivity index (χ4n) is 26.5. The molecule has 4 bridgehead atoms. The van der Waals surface area contributed by atoms with Crippen molar-refractivity contribution in [3.8, 4) is 0 Å². The lowest BCUT2D eigenvalue weighted by Gasteiger charge is -2.52. The van der Waals surface area contributed by atoms with Gasteiger partial charge in [-0.15, -0.1) is 0 Å². The summed E-state index contributed by atoms with van der Waals surface area (Å²) in [6.45, 7) is 64.6. The number of carbonyl (C=O) groups is 6. The number of pyridine rings is 1. The molecule has 1 spiro atoms. The summed E-state index contributed by atoms with van der Waals surface area (Å²) in [5.74, 6) is -10.1. The van der Waals surface area contributed by atoms with Crippen molar-refractivity contribution in [2.45, 2.75) is 410 Å². The van der Waals surface area contributed by atoms with Gasteiger partial charge in [-0.05, 0) is 210 Å². The van der Waals surface area contributed by atoms with Gasteiger partial charge in [0.15, 0.2) is 17.9 Å². The first-order valence-electron chi connectivity index (χ1n) is 53.0. The van der Waals surface area contributed by atoms with E-state index in [1.807, 2.05) is 176 Å². The molecule has 6 N–H and O–H groups in total. The topological polar surface area (TPSA) is 367 Å². The number of fused-ring (bicyclic) bond motifs is 9. The molecular weight excluding hydrogens is 1840 g/mol. The van der Waals surface area contributed by atoms with E-state index in [1.54, 1.807) is 75.1 Å². The normalized spacial score (nSPS) is 40.5. The Labute approximate surface area is 860 Å². The number of aliphatic imine (C=N–C) groups is 2. The Hall–Kier alpha value is -6.62. The summed E-state index contributed by atoms with van der Waals surface area (Å²) < 4.78 is 93.8. The highest BCUT2D eigenvalue weighted by Gasteiger charge is 2.63. The van der Waals surface area contributed by atoms with E-state index < -0.39 is 200 Å². The molecule has 1 amide bonds. The highest BCUT2D eigenvalue weighted by Crippen LogP contribution is 2.56. The molecule has 29 heteroatoms. The first kappa shape index (κ1) is 123. The van der Waals surface area contributed by atoms with E-state index >= 15 is 4.39 Å². The van der Waals surface area contributed by atoms with Crippen LogP contribution in [-0.4, -0.2) is 267 Å². The number of nitrogens with zero attached hydrogens (tertiary/aromatic N) is 4. The Balaban J connectivity index is 0.000000269. The number of aliphatic hydroxyl groups excluding tert-OH is 2. The number of hydrogen-bond donors (Lipinski definition) is 6. The molecule has 1 aromatic heterocycles. The largest absolute Gasteiger partial charge is 0.459 e. The van der Waals surface area contributed by atoms with Crippen LogP contribution in [0.3, 0.4) is 0 Å². The lowest BCUT2D eigenvalue weighted by atomic mass is 9.60. The van der Waals surface area contributed by atoms with Crippen LogP contribution >= 0.6 is 0 Å². The summed E-state index contributed by atoms with van der Waals surface area (Å²) in [5.41, 5.74) is -9.12. The first-order chi connectivity index (χ1) is 66.6. The monoisotopic (exact) mass is 2020 g/mol. The molecule has 0 radical (unpaired) electrons. The summed E-state index contributed by atoms with van der Waals surface area (Å²) in [6, 6.07) is 19.2. The summed E-state index contributed by atoms with van der Waals surface area (Å²) >= 11 is 0. The van der Waals surface area contributed by atoms with Gasteiger partial charge in [0.25, 0.3) is 5.67 Å². The second-order valence-electron chi connectivity index (χ2n) is 48.4. The van der Waals surface area contributed by atoms with Crippen molar-refractivity contribution in [1.29, 1.82) is 0 Å². The quantitative estimate of drug-likeness (QED) is 0.0526. The molecule has 2 aromatic carbocycles. The minimum Gasteiger partial charge on any atom is -0.459 e. The molecule has 814 valence electrons. The third-order valence-corrected chi connectivity index (χ3v) is 33.0. The zero-order valence-corrected chi connectivity index (χ0v) is 94.0. The lowest BCUT2D eigenvalue weighted by molar-refractivity contribution is -0.309. The van der Waals surface area contributed by atoms with Crippen LogP contribution in [0.1, 0.15) is 297 Å². The number of Topliss-reactive ketones (excluding diaryl/α,β-unsaturated/α-hetero) is 2. The number of ether oxygens (including phenoxy) is 12. The number of carbonyl (C=O) groups excluding carboxylic acids is 6. The van der Waals surface area contributed by atoms with E-state index in [2.05, 4.69) is 89.4 Å². The van der Waals surface area contributed by atoms with Crippen molar-refractivity contribution in [1.82, 2.24) is 15.2 Å². The van der Waals surface area contributed by atoms with Crippen molar-refractivity contribution in [2.75, 3.05) is 60.7 Å². The number of halogens is 1. The fourth-order valence-corrected chi connectivity index (χ4v) is 26.5. The first-order valence-corrected chi connectivity index (χ1v) is 53.0. The molecule has 8 heterocycles. The van der Waals surface area contributed by atoms with Crippen molar-refractivity contribution in [3.05, 3.63) is 90.3 Å². The van der Waals surface area contributed by atoms with Gasteiger partial charge in [-0.3, -0.25) is 33.9 Å². The van der Waals surface area contributed by atoms with Crippen LogP contribution in [0.25, 0.3) is 23.1 Å². The molecule has 144 heavy (non-hydrogen) atoms. The van der Waals surface area contributed by atoms with Crippen LogP contribution in [-0.2, 0) is 85.6 Å². The van der Waals surface area contributed by atoms with E-state index in [0.717, 1.165) is 55.0 Å². The maximum Gasteiger partial charge on any atom is 0.351 e. The van der Waals surface area contributed by atoms with Gasteiger partial charge >= 0.3 is 17.9 Å². The molecule has 3 aromatic rings. The standard InChI is InChI=1S/C46H71NO10.C38H55FN2O7.C31H58N2O6/c1-15-35-46(12,51)41(54-22-18-19-32-23-33-20-16-17-21-34(33)47-26-32)28(3)37(48)27(2)24-44(10,52-13)39(43(7,8)9)29(4)38(30(5)42(50)56-35)57-36-25-45(11,53-14)40(49)31(6)55-36;1-12-29-38(11,45)33-24(3)30(41-26(5)42)23(2)20-36(9,31(35(6,7)8)25(4)32(43)37(10,39)34(44)48-29)47-22-28(21-46-33)40-19-18-27-16-14-13-15-17-27;1-12-23-30(10,36)26(34)22(5)33(11)18-19(2)17-29(9)25(28(6,7)8)20(3)24(21(4)27(35)37-23)38-31(39-29)13-15-32-16-14-31/h16-21,23,26-31,35-36,38-41,49,51H,15,22,24-25H2,1-14H3;13-19,23-25,29,31,33,45H,12,20-22H2,1-11H3;19-26,32,34,36H,12-18H2,1-11H3/b19-18+;19-18+,40-28?,41-30?;/t27-,28+,29+,30-,31+,35-,36+,38+,39+,40+,41-,44-,45-,46-;23-,24+,25-,29-,31+,33-,36-,37+,38-;19-,20+,21-,22-,23-,24+,25+,26-,29-,30-/m111/s1. The summed E-state index contributed by atoms with van der Waals surface area (Å²) in [7, 11) is 5.21. The number of para-hydroxylation sites is 1. The minimum absolute atomic E-state index is 0.00218. The number of alkyl halides is 1. The smallest absolute Gasteiger partial charge is 0.351 e. The van der Waals surface area contributed by atoms with Crippen molar-refractivity contribution >= 4 is 69.9 Å². The Bertz CT molecular complexity index is 4860. The van der Waals surface area contributed by atoms with E-state index in [-0.39, 0.29) is 97.7 Å².